The Bertz CT molecular complexity index is 841. The minimum absolute atomic E-state index is 0.0278. The van der Waals surface area contributed by atoms with Gasteiger partial charge in [-0.1, -0.05) is 86.6 Å². The number of tetrazole rings is 1. The van der Waals surface area contributed by atoms with Crippen molar-refractivity contribution >= 4 is 18.7 Å². The number of aromatic amines is 1. The standard InChI is InChI=1S/C21H27N5OSi/c1-21(2,3)28(17-10-6-4-7-11-17,18-12-8-5-9-13-18)27-16-14-19(22-15-16)20-23-25-26-24-20/h4-13,16,19,22H,14-15H2,1-3H3,(H,23,24,25,26)/t16-,19+/m1/s1. The highest BCUT2D eigenvalue weighted by Crippen LogP contribution is 2.39. The molecular formula is C21H27N5OSi. The third kappa shape index (κ3) is 3.41. The van der Waals surface area contributed by atoms with Crippen molar-refractivity contribution < 1.29 is 4.43 Å². The van der Waals surface area contributed by atoms with E-state index < -0.39 is 8.32 Å². The second kappa shape index (κ2) is 7.58. The van der Waals surface area contributed by atoms with Gasteiger partial charge in [0, 0.05) is 6.54 Å². The third-order valence-corrected chi connectivity index (χ3v) is 10.6. The topological polar surface area (TPSA) is 75.7 Å². The van der Waals surface area contributed by atoms with Crippen molar-refractivity contribution in [2.45, 2.75) is 44.4 Å². The van der Waals surface area contributed by atoms with E-state index in [4.69, 9.17) is 4.43 Å². The summed E-state index contributed by atoms with van der Waals surface area (Å²) in [7, 11) is -2.53. The highest BCUT2D eigenvalue weighted by atomic mass is 28.4. The molecule has 0 unspecified atom stereocenters. The van der Waals surface area contributed by atoms with Gasteiger partial charge in [0.15, 0.2) is 5.82 Å². The monoisotopic (exact) mass is 393 g/mol. The van der Waals surface area contributed by atoms with Gasteiger partial charge in [-0.05, 0) is 21.8 Å². The first-order valence-corrected chi connectivity index (χ1v) is 11.7. The quantitative estimate of drug-likeness (QED) is 0.650. The summed E-state index contributed by atoms with van der Waals surface area (Å²) < 4.78 is 7.15. The first kappa shape index (κ1) is 19.0. The van der Waals surface area contributed by atoms with E-state index in [1.807, 2.05) is 0 Å². The molecule has 2 aromatic carbocycles. The molecule has 2 atom stereocenters. The summed E-state index contributed by atoms with van der Waals surface area (Å²) in [6, 6.07) is 21.6. The van der Waals surface area contributed by atoms with Gasteiger partial charge in [-0.25, -0.2) is 0 Å². The van der Waals surface area contributed by atoms with E-state index in [1.165, 1.54) is 10.4 Å². The van der Waals surface area contributed by atoms with E-state index in [1.54, 1.807) is 0 Å². The molecule has 0 radical (unpaired) electrons. The number of benzene rings is 2. The Kier molecular flexibility index (Phi) is 5.14. The Morgan fingerprint density at radius 2 is 1.57 bits per heavy atom. The second-order valence-corrected chi connectivity index (χ2v) is 12.6. The zero-order valence-corrected chi connectivity index (χ0v) is 17.6. The molecule has 2 N–H and O–H groups in total. The highest BCUT2D eigenvalue weighted by molar-refractivity contribution is 6.99. The number of hydrogen-bond acceptors (Lipinski definition) is 5. The van der Waals surface area contributed by atoms with Crippen molar-refractivity contribution in [2.75, 3.05) is 6.54 Å². The van der Waals surface area contributed by atoms with Gasteiger partial charge in [0.1, 0.15) is 0 Å². The van der Waals surface area contributed by atoms with Crippen molar-refractivity contribution in [3.05, 3.63) is 66.5 Å². The van der Waals surface area contributed by atoms with Crippen LogP contribution < -0.4 is 15.7 Å². The van der Waals surface area contributed by atoms with Crippen LogP contribution in [-0.2, 0) is 4.43 Å². The number of nitrogens with one attached hydrogen (secondary N) is 2. The van der Waals surface area contributed by atoms with Crippen molar-refractivity contribution in [1.29, 1.82) is 0 Å². The lowest BCUT2D eigenvalue weighted by molar-refractivity contribution is 0.204. The van der Waals surface area contributed by atoms with Gasteiger partial charge in [-0.2, -0.15) is 5.21 Å². The summed E-state index contributed by atoms with van der Waals surface area (Å²) in [4.78, 5) is 0. The average Bonchev–Trinajstić information content (AvgIpc) is 3.38. The van der Waals surface area contributed by atoms with E-state index in [-0.39, 0.29) is 17.2 Å². The predicted octanol–water partition coefficient (Wildman–Crippen LogP) is 2.18. The molecule has 1 fully saturated rings. The minimum Gasteiger partial charge on any atom is -0.403 e. The van der Waals surface area contributed by atoms with Crippen molar-refractivity contribution in [3.63, 3.8) is 0 Å². The predicted molar refractivity (Wildman–Crippen MR) is 112 cm³/mol. The van der Waals surface area contributed by atoms with E-state index in [9.17, 15) is 0 Å². The molecule has 0 bridgehead atoms. The minimum atomic E-state index is -2.53. The average molecular weight is 394 g/mol. The molecule has 28 heavy (non-hydrogen) atoms. The molecule has 1 saturated heterocycles. The zero-order valence-electron chi connectivity index (χ0n) is 16.6. The van der Waals surface area contributed by atoms with Gasteiger partial charge < -0.3 is 9.74 Å². The summed E-state index contributed by atoms with van der Waals surface area (Å²) in [6.45, 7) is 7.69. The molecule has 1 aliphatic rings. The molecule has 0 amide bonds. The Balaban J connectivity index is 1.73. The van der Waals surface area contributed by atoms with E-state index in [2.05, 4.69) is 107 Å². The van der Waals surface area contributed by atoms with Crippen molar-refractivity contribution in [3.8, 4) is 0 Å². The van der Waals surface area contributed by atoms with Crippen LogP contribution in [0.15, 0.2) is 60.7 Å². The third-order valence-electron chi connectivity index (χ3n) is 5.52. The molecular weight excluding hydrogens is 366 g/mol. The number of rotatable bonds is 5. The molecule has 0 aliphatic carbocycles. The lowest BCUT2D eigenvalue weighted by atomic mass is 10.2. The smallest absolute Gasteiger partial charge is 0.261 e. The van der Waals surface area contributed by atoms with Crippen LogP contribution in [0.1, 0.15) is 39.1 Å². The Hall–Kier alpha value is -2.35. The van der Waals surface area contributed by atoms with Crippen LogP contribution in [-0.4, -0.2) is 41.6 Å². The van der Waals surface area contributed by atoms with Crippen LogP contribution in [0.3, 0.4) is 0 Å². The van der Waals surface area contributed by atoms with E-state index in [0.717, 1.165) is 13.0 Å². The van der Waals surface area contributed by atoms with Crippen LogP contribution in [0, 0.1) is 0 Å². The fraction of sp³-hybridized carbons (Fsp3) is 0.381. The fourth-order valence-electron chi connectivity index (χ4n) is 4.25. The molecule has 6 nitrogen and oxygen atoms in total. The largest absolute Gasteiger partial charge is 0.403 e. The summed E-state index contributed by atoms with van der Waals surface area (Å²) in [5.74, 6) is 0.702. The van der Waals surface area contributed by atoms with Crippen molar-refractivity contribution in [2.24, 2.45) is 0 Å². The molecule has 0 saturated carbocycles. The molecule has 4 rings (SSSR count). The van der Waals surface area contributed by atoms with Crippen LogP contribution in [0.4, 0.5) is 0 Å². The molecule has 146 valence electrons. The van der Waals surface area contributed by atoms with Crippen molar-refractivity contribution in [1.82, 2.24) is 25.9 Å². The molecule has 1 aromatic heterocycles. The molecule has 2 heterocycles. The molecule has 1 aliphatic heterocycles. The second-order valence-electron chi connectivity index (χ2n) is 8.37. The van der Waals surface area contributed by atoms with Crippen LogP contribution in [0.25, 0.3) is 0 Å². The fourth-order valence-corrected chi connectivity index (χ4v) is 8.94. The van der Waals surface area contributed by atoms with Gasteiger partial charge >= 0.3 is 0 Å². The number of aromatic nitrogens is 4. The molecule has 3 aromatic rings. The van der Waals surface area contributed by atoms with Gasteiger partial charge in [0.2, 0.25) is 0 Å². The van der Waals surface area contributed by atoms with Gasteiger partial charge in [0.05, 0.1) is 12.1 Å². The first-order valence-electron chi connectivity index (χ1n) is 9.76. The van der Waals surface area contributed by atoms with Crippen LogP contribution in [0.5, 0.6) is 0 Å². The highest BCUT2D eigenvalue weighted by Gasteiger charge is 2.52. The van der Waals surface area contributed by atoms with Crippen LogP contribution in [0.2, 0.25) is 5.04 Å². The molecule has 0 spiro atoms. The van der Waals surface area contributed by atoms with Gasteiger partial charge in [0.25, 0.3) is 8.32 Å². The van der Waals surface area contributed by atoms with Crippen LogP contribution >= 0.6 is 0 Å². The summed E-state index contributed by atoms with van der Waals surface area (Å²) in [6.07, 6.45) is 0.930. The maximum absolute atomic E-state index is 7.15. The van der Waals surface area contributed by atoms with Gasteiger partial charge in [-0.15, -0.1) is 10.2 Å². The number of hydrogen-bond donors (Lipinski definition) is 2. The maximum atomic E-state index is 7.15. The van der Waals surface area contributed by atoms with E-state index >= 15 is 0 Å². The first-order chi connectivity index (χ1) is 13.5. The normalized spacial score (nSPS) is 20.4. The Morgan fingerprint density at radius 1 is 0.964 bits per heavy atom. The maximum Gasteiger partial charge on any atom is 0.261 e. The lowest BCUT2D eigenvalue weighted by Crippen LogP contribution is -2.67. The SMILES string of the molecule is CC(C)(C)[Si](O[C@H]1CN[C@H](c2nn[nH]n2)C1)(c1ccccc1)c1ccccc1. The number of nitrogens with zero attached hydrogens (tertiary/aromatic N) is 3. The molecule has 7 heteroatoms. The summed E-state index contributed by atoms with van der Waals surface area (Å²) in [5, 5.41) is 20.6. The van der Waals surface area contributed by atoms with E-state index in [0.29, 0.717) is 5.82 Å². The summed E-state index contributed by atoms with van der Waals surface area (Å²) >= 11 is 0. The lowest BCUT2D eigenvalue weighted by Gasteiger charge is -2.44. The number of H-pyrrole nitrogens is 1. The Morgan fingerprint density at radius 3 is 2.07 bits per heavy atom. The van der Waals surface area contributed by atoms with Gasteiger partial charge in [-0.3, -0.25) is 0 Å². The Labute approximate surface area is 166 Å². The summed E-state index contributed by atoms with van der Waals surface area (Å²) in [5.41, 5.74) is 0. The zero-order chi connectivity index (χ0) is 19.6.